The molecule has 4 aromatic carbocycles. The lowest BCUT2D eigenvalue weighted by Gasteiger charge is -2.37. The highest BCUT2D eigenvalue weighted by Gasteiger charge is 2.39. The van der Waals surface area contributed by atoms with Crippen LogP contribution in [0.15, 0.2) is 97.1 Å². The normalized spacial score (nSPS) is 21.4. The van der Waals surface area contributed by atoms with Crippen LogP contribution in [0.25, 0.3) is 11.1 Å². The molecule has 0 aromatic heterocycles. The highest BCUT2D eigenvalue weighted by molar-refractivity contribution is 5.84. The molecular formula is C32H30O6. The Balaban J connectivity index is 1.32. The van der Waals surface area contributed by atoms with Gasteiger partial charge in [-0.25, -0.2) is 0 Å². The largest absolute Gasteiger partial charge is 0.483 e. The van der Waals surface area contributed by atoms with Gasteiger partial charge in [0.15, 0.2) is 12.2 Å². The maximum absolute atomic E-state index is 10.9. The fourth-order valence-corrected chi connectivity index (χ4v) is 5.16. The Labute approximate surface area is 222 Å². The quantitative estimate of drug-likeness (QED) is 0.332. The molecule has 0 amide bonds. The highest BCUT2D eigenvalue weighted by Crippen LogP contribution is 2.52. The van der Waals surface area contributed by atoms with Crippen molar-refractivity contribution in [2.45, 2.75) is 37.6 Å². The predicted molar refractivity (Wildman–Crippen MR) is 143 cm³/mol. The number of benzene rings is 4. The van der Waals surface area contributed by atoms with Crippen LogP contribution in [0.5, 0.6) is 11.5 Å². The molecule has 194 valence electrons. The lowest BCUT2D eigenvalue weighted by molar-refractivity contribution is -0.0559. The molecule has 1 aliphatic carbocycles. The molecule has 0 radical (unpaired) electrons. The van der Waals surface area contributed by atoms with E-state index in [0.717, 1.165) is 22.3 Å². The second-order valence-corrected chi connectivity index (χ2v) is 9.64. The minimum Gasteiger partial charge on any atom is -0.483 e. The molecular weight excluding hydrogens is 480 g/mol. The molecule has 6 heteroatoms. The van der Waals surface area contributed by atoms with Gasteiger partial charge in [-0.15, -0.1) is 0 Å². The second-order valence-electron chi connectivity index (χ2n) is 9.64. The van der Waals surface area contributed by atoms with E-state index >= 15 is 0 Å². The van der Waals surface area contributed by atoms with E-state index in [9.17, 15) is 10.2 Å². The number of aliphatic hydroxyl groups excluding tert-OH is 2. The van der Waals surface area contributed by atoms with Crippen LogP contribution in [0.1, 0.15) is 34.5 Å². The Bertz CT molecular complexity index is 1270. The molecule has 2 N–H and O–H groups in total. The van der Waals surface area contributed by atoms with E-state index in [4.69, 9.17) is 18.9 Å². The topological polar surface area (TPSA) is 77.4 Å². The zero-order valence-electron chi connectivity index (χ0n) is 20.9. The molecule has 4 atom stereocenters. The highest BCUT2D eigenvalue weighted by atomic mass is 16.6. The first kappa shape index (κ1) is 24.6. The van der Waals surface area contributed by atoms with Crippen LogP contribution in [-0.4, -0.2) is 35.6 Å². The van der Waals surface area contributed by atoms with Crippen molar-refractivity contribution in [1.82, 2.24) is 0 Å². The first-order valence-corrected chi connectivity index (χ1v) is 12.9. The molecule has 0 fully saturated rings. The Morgan fingerprint density at radius 3 is 1.37 bits per heavy atom. The molecule has 6 nitrogen and oxygen atoms in total. The van der Waals surface area contributed by atoms with Crippen molar-refractivity contribution in [2.75, 3.05) is 13.2 Å². The van der Waals surface area contributed by atoms with Gasteiger partial charge >= 0.3 is 0 Å². The fraction of sp³-hybridized carbons (Fsp3) is 0.250. The summed E-state index contributed by atoms with van der Waals surface area (Å²) < 4.78 is 25.4. The molecule has 0 bridgehead atoms. The SMILES string of the molecule is O[C@@H]1c2cccc3c2-c2c(cccc2[C@H]1O)O[C@H](COCc1ccccc1)[C@@H](COCc1ccccc1)O3. The standard InChI is InChI=1S/C32H30O6/c33-31-23-13-7-15-25-29(23)30-24(32(31)34)14-8-16-26(30)38-28(20-36-18-22-11-5-2-6-12-22)27(37-25)19-35-17-21-9-3-1-4-10-21/h1-16,27-28,31-34H,17-20H2/t27-,28-,31-,32-/m1/s1. The van der Waals surface area contributed by atoms with Crippen molar-refractivity contribution in [3.63, 3.8) is 0 Å². The Morgan fingerprint density at radius 1 is 0.526 bits per heavy atom. The Morgan fingerprint density at radius 2 is 0.947 bits per heavy atom. The molecule has 4 aromatic rings. The van der Waals surface area contributed by atoms with Gasteiger partial charge in [0.2, 0.25) is 0 Å². The van der Waals surface area contributed by atoms with Gasteiger partial charge in [-0.3, -0.25) is 0 Å². The van der Waals surface area contributed by atoms with E-state index in [2.05, 4.69) is 0 Å². The monoisotopic (exact) mass is 510 g/mol. The summed E-state index contributed by atoms with van der Waals surface area (Å²) in [5, 5.41) is 21.8. The summed E-state index contributed by atoms with van der Waals surface area (Å²) in [6, 6.07) is 31.1. The third-order valence-electron chi connectivity index (χ3n) is 7.06. The molecule has 1 heterocycles. The second kappa shape index (κ2) is 11.0. The van der Waals surface area contributed by atoms with E-state index in [-0.39, 0.29) is 13.2 Å². The van der Waals surface area contributed by atoms with E-state index < -0.39 is 24.4 Å². The first-order chi connectivity index (χ1) is 18.7. The van der Waals surface area contributed by atoms with E-state index in [1.165, 1.54) is 0 Å². The van der Waals surface area contributed by atoms with Gasteiger partial charge in [-0.05, 0) is 34.4 Å². The molecule has 0 unspecified atom stereocenters. The van der Waals surface area contributed by atoms with Crippen LogP contribution >= 0.6 is 0 Å². The van der Waals surface area contributed by atoms with Gasteiger partial charge in [0.05, 0.1) is 26.4 Å². The summed E-state index contributed by atoms with van der Waals surface area (Å²) in [5.41, 5.74) is 4.85. The zero-order chi connectivity index (χ0) is 25.9. The Kier molecular flexibility index (Phi) is 7.12. The van der Waals surface area contributed by atoms with Crippen molar-refractivity contribution in [3.8, 4) is 22.6 Å². The van der Waals surface area contributed by atoms with Gasteiger partial charge in [0.1, 0.15) is 23.7 Å². The Hall–Kier alpha value is -3.68. The average molecular weight is 511 g/mol. The third-order valence-corrected chi connectivity index (χ3v) is 7.06. The summed E-state index contributed by atoms with van der Waals surface area (Å²) in [4.78, 5) is 0. The number of ether oxygens (including phenoxy) is 4. The van der Waals surface area contributed by atoms with Gasteiger partial charge in [0, 0.05) is 11.1 Å². The summed E-state index contributed by atoms with van der Waals surface area (Å²) in [6.45, 7) is 1.43. The van der Waals surface area contributed by atoms with Crippen molar-refractivity contribution in [2.24, 2.45) is 0 Å². The molecule has 38 heavy (non-hydrogen) atoms. The minimum atomic E-state index is -1.06. The van der Waals surface area contributed by atoms with Crippen molar-refractivity contribution >= 4 is 0 Å². The maximum atomic E-state index is 10.9. The number of rotatable bonds is 8. The van der Waals surface area contributed by atoms with Crippen LogP contribution in [0.2, 0.25) is 0 Å². The van der Waals surface area contributed by atoms with Crippen molar-refractivity contribution < 1.29 is 29.2 Å². The summed E-state index contributed by atoms with van der Waals surface area (Å²) in [7, 11) is 0. The minimum absolute atomic E-state index is 0.276. The van der Waals surface area contributed by atoms with E-state index in [1.54, 1.807) is 0 Å². The van der Waals surface area contributed by atoms with Crippen molar-refractivity contribution in [3.05, 3.63) is 119 Å². The van der Waals surface area contributed by atoms with Gasteiger partial charge in [0.25, 0.3) is 0 Å². The third kappa shape index (κ3) is 4.91. The maximum Gasteiger partial charge on any atom is 0.161 e. The number of hydrogen-bond acceptors (Lipinski definition) is 6. The van der Waals surface area contributed by atoms with Crippen molar-refractivity contribution in [1.29, 1.82) is 0 Å². The first-order valence-electron chi connectivity index (χ1n) is 12.9. The predicted octanol–water partition coefficient (Wildman–Crippen LogP) is 5.38. The van der Waals surface area contributed by atoms with E-state index in [0.29, 0.717) is 35.8 Å². The van der Waals surface area contributed by atoms with Gasteiger partial charge in [-0.1, -0.05) is 84.9 Å². The smallest absolute Gasteiger partial charge is 0.161 e. The van der Waals surface area contributed by atoms with Crippen LogP contribution in [0, 0.1) is 0 Å². The number of aliphatic hydroxyl groups is 2. The molecule has 2 aliphatic rings. The van der Waals surface area contributed by atoms with Crippen LogP contribution < -0.4 is 9.47 Å². The summed E-state index contributed by atoms with van der Waals surface area (Å²) >= 11 is 0. The molecule has 1 aliphatic heterocycles. The molecule has 0 saturated carbocycles. The molecule has 0 saturated heterocycles. The summed E-state index contributed by atoms with van der Waals surface area (Å²) in [5.74, 6) is 1.23. The lowest BCUT2D eigenvalue weighted by atomic mass is 9.80. The van der Waals surface area contributed by atoms with E-state index in [1.807, 2.05) is 97.1 Å². The summed E-state index contributed by atoms with van der Waals surface area (Å²) in [6.07, 6.45) is -3.09. The van der Waals surface area contributed by atoms with Gasteiger partial charge < -0.3 is 29.2 Å². The van der Waals surface area contributed by atoms with Crippen LogP contribution in [0.3, 0.4) is 0 Å². The van der Waals surface area contributed by atoms with Gasteiger partial charge in [-0.2, -0.15) is 0 Å². The average Bonchev–Trinajstić information content (AvgIpc) is 2.95. The zero-order valence-corrected chi connectivity index (χ0v) is 20.9. The van der Waals surface area contributed by atoms with Crippen LogP contribution in [0.4, 0.5) is 0 Å². The fourth-order valence-electron chi connectivity index (χ4n) is 5.16. The molecule has 0 spiro atoms. The lowest BCUT2D eigenvalue weighted by Crippen LogP contribution is -2.44. The number of hydrogen-bond donors (Lipinski definition) is 2. The van der Waals surface area contributed by atoms with Crippen LogP contribution in [-0.2, 0) is 22.7 Å². The molecule has 6 rings (SSSR count).